The number of piperazine rings is 1. The van der Waals surface area contributed by atoms with E-state index < -0.39 is 6.04 Å². The summed E-state index contributed by atoms with van der Waals surface area (Å²) in [5.74, 6) is -0.00600. The molecule has 2 heterocycles. The molecule has 5 heteroatoms. The van der Waals surface area contributed by atoms with Crippen molar-refractivity contribution in [1.82, 2.24) is 9.80 Å². The maximum Gasteiger partial charge on any atom is 0.259 e. The number of carbonyl (C=O) groups is 2. The van der Waals surface area contributed by atoms with Crippen molar-refractivity contribution < 1.29 is 9.59 Å². The van der Waals surface area contributed by atoms with Gasteiger partial charge in [0, 0.05) is 49.9 Å². The summed E-state index contributed by atoms with van der Waals surface area (Å²) in [5, 5.41) is 0. The molecule has 162 valence electrons. The number of hydrogen-bond donors (Lipinski definition) is 0. The van der Waals surface area contributed by atoms with Crippen molar-refractivity contribution in [3.63, 3.8) is 0 Å². The van der Waals surface area contributed by atoms with E-state index in [0.717, 1.165) is 37.4 Å². The number of para-hydroxylation sites is 1. The van der Waals surface area contributed by atoms with Gasteiger partial charge in [-0.15, -0.1) is 0 Å². The van der Waals surface area contributed by atoms with E-state index >= 15 is 0 Å². The van der Waals surface area contributed by atoms with Crippen molar-refractivity contribution in [3.8, 4) is 0 Å². The third-order valence-electron chi connectivity index (χ3n) is 7.22. The Labute approximate surface area is 184 Å². The zero-order valence-corrected chi connectivity index (χ0v) is 18.1. The predicted molar refractivity (Wildman–Crippen MR) is 122 cm³/mol. The number of hydrogen-bond acceptors (Lipinski definition) is 3. The van der Waals surface area contributed by atoms with Crippen molar-refractivity contribution >= 4 is 17.5 Å². The smallest absolute Gasteiger partial charge is 0.259 e. The monoisotopic (exact) mass is 417 g/mol. The largest absolute Gasteiger partial charge is 0.338 e. The molecule has 0 aromatic heterocycles. The zero-order chi connectivity index (χ0) is 21.2. The summed E-state index contributed by atoms with van der Waals surface area (Å²) in [7, 11) is 0. The van der Waals surface area contributed by atoms with Gasteiger partial charge in [-0.25, -0.2) is 0 Å². The quantitative estimate of drug-likeness (QED) is 0.764. The molecule has 0 radical (unpaired) electrons. The summed E-state index contributed by atoms with van der Waals surface area (Å²) in [6.45, 7) is 3.41. The summed E-state index contributed by atoms with van der Waals surface area (Å²) in [4.78, 5) is 33.3. The highest BCUT2D eigenvalue weighted by molar-refractivity contribution is 6.11. The minimum Gasteiger partial charge on any atom is -0.338 e. The minimum absolute atomic E-state index is 0.0868. The number of amides is 2. The van der Waals surface area contributed by atoms with Crippen molar-refractivity contribution in [3.05, 3.63) is 65.7 Å². The second-order valence-electron chi connectivity index (χ2n) is 9.04. The van der Waals surface area contributed by atoms with E-state index in [1.54, 1.807) is 4.90 Å². The lowest BCUT2D eigenvalue weighted by Gasteiger charge is -2.42. The summed E-state index contributed by atoms with van der Waals surface area (Å²) in [5.41, 5.74) is 2.57. The average Bonchev–Trinajstić information content (AvgIpc) is 3.24. The fourth-order valence-electron chi connectivity index (χ4n) is 5.52. The van der Waals surface area contributed by atoms with Gasteiger partial charge in [0.15, 0.2) is 0 Å². The van der Waals surface area contributed by atoms with Crippen LogP contribution in [0.1, 0.15) is 48.0 Å². The van der Waals surface area contributed by atoms with Crippen LogP contribution in [0.15, 0.2) is 54.6 Å². The second-order valence-corrected chi connectivity index (χ2v) is 9.04. The van der Waals surface area contributed by atoms with Crippen LogP contribution in [0.3, 0.4) is 0 Å². The van der Waals surface area contributed by atoms with Gasteiger partial charge in [0.05, 0.1) is 0 Å². The third kappa shape index (κ3) is 3.99. The molecule has 0 spiro atoms. The molecule has 3 aliphatic rings. The van der Waals surface area contributed by atoms with Gasteiger partial charge in [-0.3, -0.25) is 19.4 Å². The maximum absolute atomic E-state index is 13.6. The van der Waals surface area contributed by atoms with Crippen LogP contribution in [0.2, 0.25) is 0 Å². The van der Waals surface area contributed by atoms with Gasteiger partial charge in [-0.05, 0) is 36.6 Å². The SMILES string of the molecule is O=C([C@@H]1Cc2ccccc2N1C(=O)c1ccccc1)N1CCN(C2CCCCC2)CC1. The molecule has 1 saturated heterocycles. The molecular formula is C26H31N3O2. The molecule has 0 N–H and O–H groups in total. The highest BCUT2D eigenvalue weighted by Crippen LogP contribution is 2.34. The predicted octanol–water partition coefficient (Wildman–Crippen LogP) is 3.74. The van der Waals surface area contributed by atoms with Gasteiger partial charge in [-0.2, -0.15) is 0 Å². The Hall–Kier alpha value is -2.66. The van der Waals surface area contributed by atoms with Crippen LogP contribution in [-0.2, 0) is 11.2 Å². The first-order chi connectivity index (χ1) is 15.2. The van der Waals surface area contributed by atoms with E-state index in [4.69, 9.17) is 0 Å². The first-order valence-electron chi connectivity index (χ1n) is 11.7. The van der Waals surface area contributed by atoms with E-state index in [9.17, 15) is 9.59 Å². The van der Waals surface area contributed by atoms with Crippen molar-refractivity contribution in [2.45, 2.75) is 50.6 Å². The molecular weight excluding hydrogens is 386 g/mol. The Balaban J connectivity index is 1.32. The maximum atomic E-state index is 13.6. The highest BCUT2D eigenvalue weighted by atomic mass is 16.2. The van der Waals surface area contributed by atoms with Crippen LogP contribution in [0.5, 0.6) is 0 Å². The van der Waals surface area contributed by atoms with Crippen LogP contribution >= 0.6 is 0 Å². The van der Waals surface area contributed by atoms with Crippen molar-refractivity contribution in [2.24, 2.45) is 0 Å². The number of carbonyl (C=O) groups excluding carboxylic acids is 2. The summed E-state index contributed by atoms with van der Waals surface area (Å²) < 4.78 is 0. The highest BCUT2D eigenvalue weighted by Gasteiger charge is 2.41. The lowest BCUT2D eigenvalue weighted by Crippen LogP contribution is -2.57. The molecule has 5 rings (SSSR count). The minimum atomic E-state index is -0.452. The average molecular weight is 418 g/mol. The molecule has 0 bridgehead atoms. The van der Waals surface area contributed by atoms with Crippen LogP contribution in [-0.4, -0.2) is 59.9 Å². The summed E-state index contributed by atoms with van der Waals surface area (Å²) in [6, 6.07) is 17.5. The van der Waals surface area contributed by atoms with Crippen LogP contribution in [0.25, 0.3) is 0 Å². The first-order valence-corrected chi connectivity index (χ1v) is 11.7. The summed E-state index contributed by atoms with van der Waals surface area (Å²) >= 11 is 0. The Morgan fingerprint density at radius 1 is 0.774 bits per heavy atom. The van der Waals surface area contributed by atoms with Gasteiger partial charge in [-0.1, -0.05) is 55.7 Å². The molecule has 2 aromatic carbocycles. The van der Waals surface area contributed by atoms with Gasteiger partial charge >= 0.3 is 0 Å². The fourth-order valence-corrected chi connectivity index (χ4v) is 5.52. The number of benzene rings is 2. The number of rotatable bonds is 3. The molecule has 0 unspecified atom stereocenters. The molecule has 2 fully saturated rings. The number of fused-ring (bicyclic) bond motifs is 1. The molecule has 1 atom stereocenters. The molecule has 5 nitrogen and oxygen atoms in total. The molecule has 31 heavy (non-hydrogen) atoms. The van der Waals surface area contributed by atoms with Gasteiger partial charge in [0.2, 0.25) is 5.91 Å². The number of anilines is 1. The van der Waals surface area contributed by atoms with Crippen molar-refractivity contribution in [1.29, 1.82) is 0 Å². The first kappa shape index (κ1) is 20.3. The standard InChI is InChI=1S/C26H31N3O2/c30-25(20-9-3-1-4-10-20)29-23-14-8-7-11-21(23)19-24(29)26(31)28-17-15-27(16-18-28)22-12-5-2-6-13-22/h1,3-4,7-11,14,22,24H,2,5-6,12-13,15-19H2/t24-/m0/s1. The van der Waals surface area contributed by atoms with E-state index in [1.165, 1.54) is 32.1 Å². The third-order valence-corrected chi connectivity index (χ3v) is 7.22. The molecule has 2 aromatic rings. The summed E-state index contributed by atoms with van der Waals surface area (Å²) in [6.07, 6.45) is 7.22. The van der Waals surface area contributed by atoms with Crippen LogP contribution in [0.4, 0.5) is 5.69 Å². The van der Waals surface area contributed by atoms with Gasteiger partial charge in [0.1, 0.15) is 6.04 Å². The lowest BCUT2D eigenvalue weighted by molar-refractivity contribution is -0.134. The van der Waals surface area contributed by atoms with E-state index in [0.29, 0.717) is 18.0 Å². The molecule has 1 saturated carbocycles. The fraction of sp³-hybridized carbons (Fsp3) is 0.462. The Morgan fingerprint density at radius 3 is 2.19 bits per heavy atom. The Bertz CT molecular complexity index is 931. The second kappa shape index (κ2) is 8.83. The molecule has 2 aliphatic heterocycles. The zero-order valence-electron chi connectivity index (χ0n) is 18.1. The molecule has 2 amide bonds. The van der Waals surface area contributed by atoms with Crippen LogP contribution < -0.4 is 4.90 Å². The topological polar surface area (TPSA) is 43.9 Å². The van der Waals surface area contributed by atoms with Gasteiger partial charge in [0.25, 0.3) is 5.91 Å². The molecule has 1 aliphatic carbocycles. The van der Waals surface area contributed by atoms with E-state index in [2.05, 4.69) is 4.90 Å². The Morgan fingerprint density at radius 2 is 1.45 bits per heavy atom. The van der Waals surface area contributed by atoms with Crippen LogP contribution in [0, 0.1) is 0 Å². The van der Waals surface area contributed by atoms with E-state index in [1.807, 2.05) is 59.5 Å². The Kier molecular flexibility index (Phi) is 5.77. The number of nitrogens with zero attached hydrogens (tertiary/aromatic N) is 3. The lowest BCUT2D eigenvalue weighted by atomic mass is 9.94. The van der Waals surface area contributed by atoms with Crippen molar-refractivity contribution in [2.75, 3.05) is 31.1 Å². The normalized spacial score (nSPS) is 22.4. The van der Waals surface area contributed by atoms with E-state index in [-0.39, 0.29) is 11.8 Å². The van der Waals surface area contributed by atoms with Gasteiger partial charge < -0.3 is 4.90 Å².